The Morgan fingerprint density at radius 3 is 3.11 bits per heavy atom. The summed E-state index contributed by atoms with van der Waals surface area (Å²) < 4.78 is 5.40. The van der Waals surface area contributed by atoms with Gasteiger partial charge in [0.2, 0.25) is 0 Å². The summed E-state index contributed by atoms with van der Waals surface area (Å²) in [6, 6.07) is 11.1. The monoisotopic (exact) mass is 256 g/mol. The molecule has 3 heteroatoms. The standard InChI is InChI=1S/C16H20N2O/c1-11(9-14-3-2-8-19-14)18-16-7-4-12-10-13(17)5-6-15(12)16/h2-3,5-6,8,10-11,16,18H,4,7,9,17H2,1H3. The first-order valence-electron chi connectivity index (χ1n) is 6.89. The van der Waals surface area contributed by atoms with E-state index in [1.165, 1.54) is 11.1 Å². The molecule has 0 saturated heterocycles. The molecule has 0 aliphatic heterocycles. The van der Waals surface area contributed by atoms with E-state index in [2.05, 4.69) is 24.4 Å². The van der Waals surface area contributed by atoms with Gasteiger partial charge in [-0.3, -0.25) is 0 Å². The van der Waals surface area contributed by atoms with Gasteiger partial charge >= 0.3 is 0 Å². The fourth-order valence-corrected chi connectivity index (χ4v) is 2.94. The summed E-state index contributed by atoms with van der Waals surface area (Å²) in [7, 11) is 0. The average molecular weight is 256 g/mol. The number of aryl methyl sites for hydroxylation is 1. The van der Waals surface area contributed by atoms with Crippen molar-refractivity contribution < 1.29 is 4.42 Å². The van der Waals surface area contributed by atoms with Crippen molar-refractivity contribution in [3.63, 3.8) is 0 Å². The van der Waals surface area contributed by atoms with Gasteiger partial charge in [-0.05, 0) is 55.2 Å². The average Bonchev–Trinajstić information content (AvgIpc) is 2.99. The Morgan fingerprint density at radius 1 is 1.42 bits per heavy atom. The summed E-state index contributed by atoms with van der Waals surface area (Å²) in [6.45, 7) is 2.21. The number of rotatable bonds is 4. The molecule has 0 spiro atoms. The summed E-state index contributed by atoms with van der Waals surface area (Å²) in [4.78, 5) is 0. The lowest BCUT2D eigenvalue weighted by Gasteiger charge is -2.19. The van der Waals surface area contributed by atoms with Crippen LogP contribution in [0.25, 0.3) is 0 Å². The maximum Gasteiger partial charge on any atom is 0.105 e. The molecular weight excluding hydrogens is 236 g/mol. The van der Waals surface area contributed by atoms with Gasteiger partial charge in [0.25, 0.3) is 0 Å². The second-order valence-electron chi connectivity index (χ2n) is 5.40. The molecule has 1 aliphatic rings. The predicted molar refractivity (Wildman–Crippen MR) is 76.9 cm³/mol. The normalized spacial score (nSPS) is 19.3. The van der Waals surface area contributed by atoms with Crippen molar-refractivity contribution in [2.75, 3.05) is 5.73 Å². The summed E-state index contributed by atoms with van der Waals surface area (Å²) in [6.07, 6.45) is 4.93. The van der Waals surface area contributed by atoms with Crippen molar-refractivity contribution in [2.24, 2.45) is 0 Å². The Labute approximate surface area is 113 Å². The highest BCUT2D eigenvalue weighted by Gasteiger charge is 2.23. The molecule has 1 aliphatic carbocycles. The van der Waals surface area contributed by atoms with E-state index < -0.39 is 0 Å². The van der Waals surface area contributed by atoms with Gasteiger partial charge in [0.15, 0.2) is 0 Å². The molecule has 0 bridgehead atoms. The number of anilines is 1. The molecule has 2 unspecified atom stereocenters. The highest BCUT2D eigenvalue weighted by Crippen LogP contribution is 2.32. The SMILES string of the molecule is CC(Cc1ccco1)NC1CCc2cc(N)ccc21. The minimum atomic E-state index is 0.402. The second-order valence-corrected chi connectivity index (χ2v) is 5.40. The first kappa shape index (κ1) is 12.3. The number of hydrogen-bond donors (Lipinski definition) is 2. The molecule has 2 atom stereocenters. The van der Waals surface area contributed by atoms with E-state index in [1.54, 1.807) is 6.26 Å². The van der Waals surface area contributed by atoms with Crippen molar-refractivity contribution in [1.82, 2.24) is 5.32 Å². The van der Waals surface area contributed by atoms with Gasteiger partial charge in [0, 0.05) is 24.2 Å². The molecule has 0 amide bonds. The van der Waals surface area contributed by atoms with Crippen LogP contribution >= 0.6 is 0 Å². The van der Waals surface area contributed by atoms with Crippen LogP contribution in [0.15, 0.2) is 41.0 Å². The zero-order chi connectivity index (χ0) is 13.2. The van der Waals surface area contributed by atoms with Crippen LogP contribution in [0.4, 0.5) is 5.69 Å². The molecule has 0 saturated carbocycles. The van der Waals surface area contributed by atoms with Crippen molar-refractivity contribution in [3.05, 3.63) is 53.5 Å². The van der Waals surface area contributed by atoms with Crippen molar-refractivity contribution in [2.45, 2.75) is 38.3 Å². The van der Waals surface area contributed by atoms with Gasteiger partial charge in [0.1, 0.15) is 5.76 Å². The van der Waals surface area contributed by atoms with Gasteiger partial charge < -0.3 is 15.5 Å². The molecule has 3 nitrogen and oxygen atoms in total. The number of furan rings is 1. The Morgan fingerprint density at radius 2 is 2.32 bits per heavy atom. The highest BCUT2D eigenvalue weighted by atomic mass is 16.3. The maximum atomic E-state index is 5.84. The molecule has 3 rings (SSSR count). The van der Waals surface area contributed by atoms with Crippen LogP contribution in [-0.2, 0) is 12.8 Å². The zero-order valence-electron chi connectivity index (χ0n) is 11.2. The lowest BCUT2D eigenvalue weighted by Crippen LogP contribution is -2.31. The minimum Gasteiger partial charge on any atom is -0.469 e. The van der Waals surface area contributed by atoms with Crippen LogP contribution in [0.2, 0.25) is 0 Å². The van der Waals surface area contributed by atoms with E-state index in [-0.39, 0.29) is 0 Å². The van der Waals surface area contributed by atoms with Gasteiger partial charge in [-0.25, -0.2) is 0 Å². The van der Waals surface area contributed by atoms with E-state index in [1.807, 2.05) is 18.2 Å². The first-order chi connectivity index (χ1) is 9.22. The number of fused-ring (bicyclic) bond motifs is 1. The molecule has 0 fully saturated rings. The quantitative estimate of drug-likeness (QED) is 0.827. The topological polar surface area (TPSA) is 51.2 Å². The largest absolute Gasteiger partial charge is 0.469 e. The third kappa shape index (κ3) is 2.66. The summed E-state index contributed by atoms with van der Waals surface area (Å²) in [5.74, 6) is 1.04. The number of benzene rings is 1. The summed E-state index contributed by atoms with van der Waals surface area (Å²) >= 11 is 0. The van der Waals surface area contributed by atoms with Gasteiger partial charge in [-0.2, -0.15) is 0 Å². The van der Waals surface area contributed by atoms with E-state index in [0.717, 1.165) is 30.7 Å². The Kier molecular flexibility index (Phi) is 3.30. The highest BCUT2D eigenvalue weighted by molar-refractivity contribution is 5.47. The lowest BCUT2D eigenvalue weighted by molar-refractivity contribution is 0.415. The van der Waals surface area contributed by atoms with Crippen molar-refractivity contribution in [1.29, 1.82) is 0 Å². The fraction of sp³-hybridized carbons (Fsp3) is 0.375. The first-order valence-corrected chi connectivity index (χ1v) is 6.89. The molecule has 100 valence electrons. The maximum absolute atomic E-state index is 5.84. The smallest absolute Gasteiger partial charge is 0.105 e. The number of nitrogens with two attached hydrogens (primary N) is 1. The molecular formula is C16H20N2O. The fourth-order valence-electron chi connectivity index (χ4n) is 2.94. The Hall–Kier alpha value is -1.74. The Balaban J connectivity index is 1.66. The molecule has 1 aromatic carbocycles. The molecule has 3 N–H and O–H groups in total. The van der Waals surface area contributed by atoms with Crippen molar-refractivity contribution >= 4 is 5.69 Å². The Bertz CT molecular complexity index is 548. The molecule has 19 heavy (non-hydrogen) atoms. The van der Waals surface area contributed by atoms with E-state index in [4.69, 9.17) is 10.2 Å². The van der Waals surface area contributed by atoms with E-state index in [0.29, 0.717) is 12.1 Å². The van der Waals surface area contributed by atoms with Crippen LogP contribution in [0.3, 0.4) is 0 Å². The van der Waals surface area contributed by atoms with E-state index in [9.17, 15) is 0 Å². The molecule has 0 radical (unpaired) electrons. The number of nitrogens with one attached hydrogen (secondary N) is 1. The predicted octanol–water partition coefficient (Wildman–Crippen LogP) is 3.07. The van der Waals surface area contributed by atoms with E-state index >= 15 is 0 Å². The third-order valence-electron chi connectivity index (χ3n) is 3.82. The summed E-state index contributed by atoms with van der Waals surface area (Å²) in [5.41, 5.74) is 9.49. The van der Waals surface area contributed by atoms with Crippen LogP contribution in [0.5, 0.6) is 0 Å². The number of nitrogen functional groups attached to an aromatic ring is 1. The van der Waals surface area contributed by atoms with Crippen LogP contribution < -0.4 is 11.1 Å². The van der Waals surface area contributed by atoms with Gasteiger partial charge in [-0.15, -0.1) is 0 Å². The van der Waals surface area contributed by atoms with Crippen LogP contribution in [0.1, 0.15) is 36.3 Å². The molecule has 1 heterocycles. The van der Waals surface area contributed by atoms with Gasteiger partial charge in [-0.1, -0.05) is 6.07 Å². The minimum absolute atomic E-state index is 0.402. The number of hydrogen-bond acceptors (Lipinski definition) is 3. The molecule has 2 aromatic rings. The van der Waals surface area contributed by atoms with Crippen LogP contribution in [-0.4, -0.2) is 6.04 Å². The summed E-state index contributed by atoms with van der Waals surface area (Å²) in [5, 5.41) is 3.69. The van der Waals surface area contributed by atoms with Crippen LogP contribution in [0, 0.1) is 0 Å². The zero-order valence-corrected chi connectivity index (χ0v) is 11.2. The molecule has 1 aromatic heterocycles. The second kappa shape index (κ2) is 5.10. The lowest BCUT2D eigenvalue weighted by atomic mass is 10.1. The third-order valence-corrected chi connectivity index (χ3v) is 3.82. The van der Waals surface area contributed by atoms with Crippen molar-refractivity contribution in [3.8, 4) is 0 Å². The van der Waals surface area contributed by atoms with Gasteiger partial charge in [0.05, 0.1) is 6.26 Å².